The van der Waals surface area contributed by atoms with E-state index in [0.717, 1.165) is 6.42 Å². The van der Waals surface area contributed by atoms with Crippen LogP contribution in [0, 0.1) is 0 Å². The van der Waals surface area contributed by atoms with Gasteiger partial charge in [-0.3, -0.25) is 0 Å². The van der Waals surface area contributed by atoms with Crippen molar-refractivity contribution in [3.63, 3.8) is 0 Å². The summed E-state index contributed by atoms with van der Waals surface area (Å²) >= 11 is 11.3. The smallest absolute Gasteiger partial charge is 0.156 e. The lowest BCUT2D eigenvalue weighted by Crippen LogP contribution is -1.97. The zero-order valence-electron chi connectivity index (χ0n) is 8.17. The van der Waals surface area contributed by atoms with E-state index in [1.165, 1.54) is 6.07 Å². The minimum absolute atomic E-state index is 0.0166. The van der Waals surface area contributed by atoms with Crippen LogP contribution in [0.1, 0.15) is 31.4 Å². The second kappa shape index (κ2) is 4.92. The number of phenols is 2. The van der Waals surface area contributed by atoms with Crippen molar-refractivity contribution in [3.05, 3.63) is 21.7 Å². The lowest BCUT2D eigenvalue weighted by atomic mass is 10.0. The Morgan fingerprint density at radius 1 is 1.27 bits per heavy atom. The fourth-order valence-corrected chi connectivity index (χ4v) is 1.77. The predicted molar refractivity (Wildman–Crippen MR) is 59.7 cm³/mol. The third kappa shape index (κ3) is 2.48. The molecule has 0 saturated carbocycles. The van der Waals surface area contributed by atoms with Gasteiger partial charge in [-0.15, -0.1) is 0 Å². The predicted octanol–water partition coefficient (Wildman–Crippen LogP) is 3.24. The first kappa shape index (κ1) is 12.4. The zero-order valence-corrected chi connectivity index (χ0v) is 9.68. The van der Waals surface area contributed by atoms with E-state index in [-0.39, 0.29) is 27.1 Å². The highest BCUT2D eigenvalue weighted by Gasteiger charge is 2.19. The molecule has 1 aromatic rings. The molecule has 1 unspecified atom stereocenters. The Morgan fingerprint density at radius 2 is 1.87 bits per heavy atom. The third-order valence-corrected chi connectivity index (χ3v) is 2.76. The molecule has 0 aliphatic rings. The van der Waals surface area contributed by atoms with Crippen LogP contribution >= 0.6 is 23.2 Å². The average Bonchev–Trinajstić information content (AvgIpc) is 2.20. The molecule has 3 nitrogen and oxygen atoms in total. The molecule has 15 heavy (non-hydrogen) atoms. The van der Waals surface area contributed by atoms with Gasteiger partial charge in [0.05, 0.1) is 11.1 Å². The topological polar surface area (TPSA) is 60.7 Å². The number of hydrogen-bond acceptors (Lipinski definition) is 3. The molecule has 0 amide bonds. The highest BCUT2D eigenvalue weighted by atomic mass is 35.5. The quantitative estimate of drug-likeness (QED) is 0.772. The van der Waals surface area contributed by atoms with Crippen LogP contribution < -0.4 is 0 Å². The van der Waals surface area contributed by atoms with Gasteiger partial charge in [0, 0.05) is 5.56 Å². The highest BCUT2D eigenvalue weighted by molar-refractivity contribution is 6.38. The van der Waals surface area contributed by atoms with Crippen LogP contribution in [-0.2, 0) is 0 Å². The van der Waals surface area contributed by atoms with Gasteiger partial charge in [-0.2, -0.15) is 0 Å². The molecule has 0 radical (unpaired) electrons. The fraction of sp³-hybridized carbons (Fsp3) is 0.400. The van der Waals surface area contributed by atoms with Crippen LogP contribution in [-0.4, -0.2) is 15.3 Å². The molecular formula is C10H12Cl2O3. The van der Waals surface area contributed by atoms with Crippen LogP contribution in [0.15, 0.2) is 6.07 Å². The summed E-state index contributed by atoms with van der Waals surface area (Å²) in [6.07, 6.45) is 0.424. The Balaban J connectivity index is 3.19. The maximum absolute atomic E-state index is 9.68. The van der Waals surface area contributed by atoms with Crippen molar-refractivity contribution < 1.29 is 15.3 Å². The monoisotopic (exact) mass is 250 g/mol. The largest absolute Gasteiger partial charge is 0.506 e. The lowest BCUT2D eigenvalue weighted by Gasteiger charge is -2.14. The maximum Gasteiger partial charge on any atom is 0.156 e. The summed E-state index contributed by atoms with van der Waals surface area (Å²) in [4.78, 5) is 0. The number of rotatable bonds is 3. The number of aliphatic hydroxyl groups excluding tert-OH is 1. The van der Waals surface area contributed by atoms with Crippen LogP contribution in [0.2, 0.25) is 10.0 Å². The van der Waals surface area contributed by atoms with Gasteiger partial charge < -0.3 is 15.3 Å². The van der Waals surface area contributed by atoms with Gasteiger partial charge >= 0.3 is 0 Å². The van der Waals surface area contributed by atoms with Gasteiger partial charge in [0.25, 0.3) is 0 Å². The standard InChI is InChI=1S/C10H12Cl2O3/c1-2-3-7(13)5-4-6(11)10(15)8(12)9(5)14/h4,7,13-15H,2-3H2,1H3. The average molecular weight is 251 g/mol. The Morgan fingerprint density at radius 3 is 2.40 bits per heavy atom. The number of aliphatic hydroxyl groups is 1. The second-order valence-electron chi connectivity index (χ2n) is 3.26. The van der Waals surface area contributed by atoms with Gasteiger partial charge in [-0.05, 0) is 12.5 Å². The van der Waals surface area contributed by atoms with E-state index in [0.29, 0.717) is 6.42 Å². The molecule has 1 atom stereocenters. The van der Waals surface area contributed by atoms with Crippen LogP contribution in [0.4, 0.5) is 0 Å². The van der Waals surface area contributed by atoms with E-state index in [2.05, 4.69) is 0 Å². The summed E-state index contributed by atoms with van der Waals surface area (Å²) in [6, 6.07) is 1.32. The molecule has 0 spiro atoms. The van der Waals surface area contributed by atoms with Gasteiger partial charge in [0.2, 0.25) is 0 Å². The van der Waals surface area contributed by atoms with E-state index in [4.69, 9.17) is 23.2 Å². The van der Waals surface area contributed by atoms with Crippen LogP contribution in [0.25, 0.3) is 0 Å². The van der Waals surface area contributed by atoms with Crippen LogP contribution in [0.5, 0.6) is 11.5 Å². The van der Waals surface area contributed by atoms with Gasteiger partial charge in [-0.1, -0.05) is 36.5 Å². The number of benzene rings is 1. The van der Waals surface area contributed by atoms with E-state index < -0.39 is 6.10 Å². The van der Waals surface area contributed by atoms with E-state index >= 15 is 0 Å². The Hall–Kier alpha value is -0.640. The van der Waals surface area contributed by atoms with Crippen molar-refractivity contribution in [2.24, 2.45) is 0 Å². The molecular weight excluding hydrogens is 239 g/mol. The zero-order chi connectivity index (χ0) is 11.6. The summed E-state index contributed by atoms with van der Waals surface area (Å²) in [5.41, 5.74) is 0.240. The summed E-state index contributed by atoms with van der Waals surface area (Å²) in [5, 5.41) is 28.4. The number of aromatic hydroxyl groups is 2. The molecule has 3 N–H and O–H groups in total. The van der Waals surface area contributed by atoms with Crippen LogP contribution in [0.3, 0.4) is 0 Å². The van der Waals surface area contributed by atoms with Crippen molar-refractivity contribution in [2.75, 3.05) is 0 Å². The number of hydrogen-bond donors (Lipinski definition) is 3. The molecule has 84 valence electrons. The van der Waals surface area contributed by atoms with Gasteiger partial charge in [0.1, 0.15) is 10.8 Å². The summed E-state index contributed by atoms with van der Waals surface area (Å²) < 4.78 is 0. The van der Waals surface area contributed by atoms with Gasteiger partial charge in [-0.25, -0.2) is 0 Å². The second-order valence-corrected chi connectivity index (χ2v) is 4.05. The molecule has 1 aromatic carbocycles. The first-order valence-corrected chi connectivity index (χ1v) is 5.32. The normalized spacial score (nSPS) is 12.8. The van der Waals surface area contributed by atoms with E-state index in [1.54, 1.807) is 0 Å². The van der Waals surface area contributed by atoms with Crippen molar-refractivity contribution in [3.8, 4) is 11.5 Å². The molecule has 0 aliphatic carbocycles. The molecule has 0 saturated heterocycles. The molecule has 0 heterocycles. The van der Waals surface area contributed by atoms with E-state index in [9.17, 15) is 15.3 Å². The Bertz CT molecular complexity index is 366. The van der Waals surface area contributed by atoms with E-state index in [1.807, 2.05) is 6.92 Å². The SMILES string of the molecule is CCCC(O)c1cc(Cl)c(O)c(Cl)c1O. The molecule has 1 rings (SSSR count). The molecule has 0 fully saturated rings. The molecule has 0 aromatic heterocycles. The summed E-state index contributed by atoms with van der Waals surface area (Å²) in [7, 11) is 0. The lowest BCUT2D eigenvalue weighted by molar-refractivity contribution is 0.162. The Labute approximate surface area is 97.9 Å². The third-order valence-electron chi connectivity index (χ3n) is 2.12. The first-order valence-electron chi connectivity index (χ1n) is 4.56. The minimum Gasteiger partial charge on any atom is -0.506 e. The van der Waals surface area contributed by atoms with Crippen molar-refractivity contribution in [1.29, 1.82) is 0 Å². The Kier molecular flexibility index (Phi) is 4.08. The molecule has 0 bridgehead atoms. The minimum atomic E-state index is -0.828. The summed E-state index contributed by atoms with van der Waals surface area (Å²) in [5.74, 6) is -0.692. The van der Waals surface area contributed by atoms with Crippen molar-refractivity contribution in [2.45, 2.75) is 25.9 Å². The van der Waals surface area contributed by atoms with Gasteiger partial charge in [0.15, 0.2) is 5.75 Å². The number of phenolic OH excluding ortho intramolecular Hbond substituents is 2. The first-order chi connectivity index (χ1) is 6.99. The molecule has 0 aliphatic heterocycles. The summed E-state index contributed by atoms with van der Waals surface area (Å²) in [6.45, 7) is 1.91. The van der Waals surface area contributed by atoms with Crippen molar-refractivity contribution >= 4 is 23.2 Å². The number of halogens is 2. The van der Waals surface area contributed by atoms with Crippen molar-refractivity contribution in [1.82, 2.24) is 0 Å². The maximum atomic E-state index is 9.68. The highest BCUT2D eigenvalue weighted by Crippen LogP contribution is 2.43. The fourth-order valence-electron chi connectivity index (χ4n) is 1.30. The molecule has 5 heteroatoms.